The molecule has 0 radical (unpaired) electrons. The molecule has 11 nitrogen and oxygen atoms in total. The molecule has 0 unspecified atom stereocenters. The molecule has 4 rings (SSSR count). The molecule has 2 aromatic carbocycles. The number of aryl methyl sites for hydroxylation is 2. The highest BCUT2D eigenvalue weighted by molar-refractivity contribution is 5.95. The lowest BCUT2D eigenvalue weighted by Crippen LogP contribution is -2.22. The van der Waals surface area contributed by atoms with Gasteiger partial charge in [-0.25, -0.2) is 9.67 Å². The van der Waals surface area contributed by atoms with Gasteiger partial charge in [-0.1, -0.05) is 30.3 Å². The van der Waals surface area contributed by atoms with E-state index in [0.717, 1.165) is 17.7 Å². The molecular formula is C24H29N9O2. The summed E-state index contributed by atoms with van der Waals surface area (Å²) in [4.78, 5) is 22.2. The summed E-state index contributed by atoms with van der Waals surface area (Å²) in [5.74, 6) is 1.04. The van der Waals surface area contributed by atoms with Crippen LogP contribution >= 0.6 is 0 Å². The van der Waals surface area contributed by atoms with E-state index in [2.05, 4.69) is 30.8 Å². The fourth-order valence-corrected chi connectivity index (χ4v) is 3.21. The van der Waals surface area contributed by atoms with Crippen LogP contribution in [0.1, 0.15) is 21.5 Å². The highest BCUT2D eigenvalue weighted by Crippen LogP contribution is 2.23. The first-order valence-corrected chi connectivity index (χ1v) is 10.9. The molecule has 0 fully saturated rings. The number of benzene rings is 2. The number of nitrogen functional groups attached to an aromatic ring is 1. The summed E-state index contributed by atoms with van der Waals surface area (Å²) >= 11 is 0. The Bertz CT molecular complexity index is 1270. The number of hydrogen-bond acceptors (Lipinski definition) is 9. The molecule has 0 bridgehead atoms. The van der Waals surface area contributed by atoms with Crippen LogP contribution < -0.4 is 11.1 Å². The van der Waals surface area contributed by atoms with Crippen molar-refractivity contribution in [3.05, 3.63) is 71.4 Å². The summed E-state index contributed by atoms with van der Waals surface area (Å²) in [6.07, 6.45) is 2.33. The molecule has 0 aliphatic rings. The molecule has 11 heteroatoms. The smallest absolute Gasteiger partial charge is 0.253 e. The van der Waals surface area contributed by atoms with E-state index in [9.17, 15) is 4.79 Å². The lowest BCUT2D eigenvalue weighted by Gasteiger charge is -2.14. The van der Waals surface area contributed by atoms with Gasteiger partial charge < -0.3 is 21.1 Å². The van der Waals surface area contributed by atoms with Gasteiger partial charge in [0.15, 0.2) is 5.82 Å². The van der Waals surface area contributed by atoms with E-state index in [0.29, 0.717) is 22.9 Å². The highest BCUT2D eigenvalue weighted by Gasteiger charge is 2.14. The fourth-order valence-electron chi connectivity index (χ4n) is 3.21. The van der Waals surface area contributed by atoms with Gasteiger partial charge in [0.05, 0.1) is 5.56 Å². The van der Waals surface area contributed by atoms with Gasteiger partial charge in [0.2, 0.25) is 5.95 Å². The number of aliphatic hydroxyl groups is 1. The molecule has 4 aromatic rings. The lowest BCUT2D eigenvalue weighted by atomic mass is 10.1. The largest absolute Gasteiger partial charge is 0.396 e. The van der Waals surface area contributed by atoms with Crippen LogP contribution in [0.2, 0.25) is 0 Å². The number of nitrogens with two attached hydrogens (primary N) is 1. The van der Waals surface area contributed by atoms with Crippen molar-refractivity contribution in [3.8, 4) is 11.4 Å². The van der Waals surface area contributed by atoms with Crippen LogP contribution in [-0.2, 0) is 13.5 Å². The third kappa shape index (κ3) is 6.58. The first-order valence-electron chi connectivity index (χ1n) is 10.9. The number of anilines is 3. The Morgan fingerprint density at radius 1 is 1.17 bits per heavy atom. The second kappa shape index (κ2) is 11.7. The predicted molar refractivity (Wildman–Crippen MR) is 134 cm³/mol. The molecule has 2 aromatic heterocycles. The minimum atomic E-state index is -0.0452. The van der Waals surface area contributed by atoms with Crippen molar-refractivity contribution in [2.45, 2.75) is 13.3 Å². The Hall–Kier alpha value is -4.38. The topological polar surface area (TPSA) is 148 Å². The molecular weight excluding hydrogens is 446 g/mol. The molecule has 4 N–H and O–H groups in total. The molecule has 0 aliphatic heterocycles. The molecule has 0 atom stereocenters. The van der Waals surface area contributed by atoms with Gasteiger partial charge in [-0.15, -0.1) is 5.10 Å². The zero-order chi connectivity index (χ0) is 25.4. The van der Waals surface area contributed by atoms with Crippen LogP contribution in [0.5, 0.6) is 0 Å². The normalized spacial score (nSPS) is 10.3. The van der Waals surface area contributed by atoms with Crippen LogP contribution in [0, 0.1) is 6.92 Å². The molecule has 1 amide bonds. The van der Waals surface area contributed by atoms with Gasteiger partial charge in [-0.3, -0.25) is 4.79 Å². The van der Waals surface area contributed by atoms with Crippen molar-refractivity contribution in [2.75, 3.05) is 31.8 Å². The molecule has 182 valence electrons. The van der Waals surface area contributed by atoms with Gasteiger partial charge in [-0.2, -0.15) is 4.98 Å². The quantitative estimate of drug-likeness (QED) is 0.382. The summed E-state index contributed by atoms with van der Waals surface area (Å²) in [5, 5.41) is 22.8. The van der Waals surface area contributed by atoms with Gasteiger partial charge in [0, 0.05) is 45.2 Å². The predicted octanol–water partition coefficient (Wildman–Crippen LogP) is 2.22. The first-order chi connectivity index (χ1) is 16.8. The van der Waals surface area contributed by atoms with E-state index in [4.69, 9.17) is 10.8 Å². The maximum absolute atomic E-state index is 12.1. The number of carbonyl (C=O) groups excluding carboxylic acids is 1. The minimum absolute atomic E-state index is 0.0452. The lowest BCUT2D eigenvalue weighted by molar-refractivity contribution is 0.0827. The number of aromatic nitrogens is 6. The summed E-state index contributed by atoms with van der Waals surface area (Å²) < 4.78 is 1.49. The van der Waals surface area contributed by atoms with Crippen LogP contribution in [0.25, 0.3) is 11.4 Å². The Morgan fingerprint density at radius 3 is 2.49 bits per heavy atom. The average molecular weight is 476 g/mol. The Labute approximate surface area is 203 Å². The molecule has 0 aliphatic carbocycles. The minimum Gasteiger partial charge on any atom is -0.396 e. The number of rotatable bonds is 6. The van der Waals surface area contributed by atoms with Gasteiger partial charge in [0.1, 0.15) is 5.82 Å². The summed E-state index contributed by atoms with van der Waals surface area (Å²) in [6.45, 7) is 2.12. The van der Waals surface area contributed by atoms with Gasteiger partial charge in [0.25, 0.3) is 5.91 Å². The standard InChI is InChI=1S/C16H19N9O.C8H10O/c1-9-7-10(5-6-11(9)15(26)24(2)3)19-16-18-8-12(13(17)20-16)14-21-22-23-25(14)4;9-7-6-8-4-2-1-3-5-8/h5-8H,1-4H3,(H3,17,18,19,20);1-5,9H,6-7H2. The maximum atomic E-state index is 12.1. The highest BCUT2D eigenvalue weighted by atomic mass is 16.3. The van der Waals surface area contributed by atoms with Crippen LogP contribution in [0.3, 0.4) is 0 Å². The van der Waals surface area contributed by atoms with Gasteiger partial charge >= 0.3 is 0 Å². The molecule has 0 spiro atoms. The van der Waals surface area contributed by atoms with E-state index in [1.807, 2.05) is 43.3 Å². The maximum Gasteiger partial charge on any atom is 0.253 e. The molecule has 0 saturated heterocycles. The zero-order valence-electron chi connectivity index (χ0n) is 20.2. The first kappa shape index (κ1) is 25.2. The third-order valence-electron chi connectivity index (χ3n) is 5.04. The Morgan fingerprint density at radius 2 is 1.91 bits per heavy atom. The van der Waals surface area contributed by atoms with E-state index >= 15 is 0 Å². The second-order valence-electron chi connectivity index (χ2n) is 7.93. The van der Waals surface area contributed by atoms with Crippen LogP contribution in [0.4, 0.5) is 17.5 Å². The summed E-state index contributed by atoms with van der Waals surface area (Å²) in [7, 11) is 5.15. The summed E-state index contributed by atoms with van der Waals surface area (Å²) in [6, 6.07) is 15.4. The zero-order valence-corrected chi connectivity index (χ0v) is 20.2. The van der Waals surface area contributed by atoms with E-state index in [1.54, 1.807) is 44.4 Å². The number of tetrazole rings is 1. The number of nitrogens with one attached hydrogen (secondary N) is 1. The summed E-state index contributed by atoms with van der Waals surface area (Å²) in [5.41, 5.74) is 10.0. The number of aliphatic hydroxyl groups excluding tert-OH is 1. The fraction of sp³-hybridized carbons (Fsp3) is 0.250. The van der Waals surface area contributed by atoms with E-state index in [-0.39, 0.29) is 18.3 Å². The van der Waals surface area contributed by atoms with Gasteiger partial charge in [-0.05, 0) is 53.1 Å². The van der Waals surface area contributed by atoms with Crippen molar-refractivity contribution in [1.82, 2.24) is 35.1 Å². The van der Waals surface area contributed by atoms with Crippen molar-refractivity contribution in [1.29, 1.82) is 0 Å². The molecule has 0 saturated carbocycles. The average Bonchev–Trinajstić information content (AvgIpc) is 3.26. The number of carbonyl (C=O) groups is 1. The third-order valence-corrected chi connectivity index (χ3v) is 5.04. The van der Waals surface area contributed by atoms with E-state index < -0.39 is 0 Å². The number of amides is 1. The van der Waals surface area contributed by atoms with Crippen molar-refractivity contribution in [3.63, 3.8) is 0 Å². The Kier molecular flexibility index (Phi) is 8.41. The van der Waals surface area contributed by atoms with Crippen molar-refractivity contribution < 1.29 is 9.90 Å². The monoisotopic (exact) mass is 475 g/mol. The van der Waals surface area contributed by atoms with Crippen LogP contribution in [0.15, 0.2) is 54.7 Å². The Balaban J connectivity index is 0.000000320. The second-order valence-corrected chi connectivity index (χ2v) is 7.93. The number of nitrogens with zero attached hydrogens (tertiary/aromatic N) is 7. The SMILES string of the molecule is Cc1cc(Nc2ncc(-c3nnnn3C)c(N)n2)ccc1C(=O)N(C)C.OCCc1ccccc1. The van der Waals surface area contributed by atoms with E-state index in [1.165, 1.54) is 10.2 Å². The molecule has 35 heavy (non-hydrogen) atoms. The van der Waals surface area contributed by atoms with Crippen LogP contribution in [-0.4, -0.2) is 66.8 Å². The van der Waals surface area contributed by atoms with Crippen molar-refractivity contribution >= 4 is 23.4 Å². The number of hydrogen-bond donors (Lipinski definition) is 3. The van der Waals surface area contributed by atoms with Crippen molar-refractivity contribution in [2.24, 2.45) is 7.05 Å². The molecule has 2 heterocycles.